The standard InChI is InChI=1S/C68H50F2N2/c1-43-15-23-47(24-16-43)53-39-59(49-27-19-45(3)20-28-49)67(69)63(41-53)71(55-11-7-5-8-12-55)61-37-33-51-32-36-58-62(38-34-52-31-35-57(61)65(51)66(52)58)72(56-13-9-6-10-14-56)64-42-54(48-25-17-44(2)18-26-48)40-60(68(64)70)50-29-21-46(4)22-30-50/h5-42H,1-4H3/i5D,6D,7D,8D,9D,10D,11D,12D,13D,14D. The van der Waals surface area contributed by atoms with Gasteiger partial charge in [0.05, 0.1) is 36.5 Å². The highest BCUT2D eigenvalue weighted by atomic mass is 19.1. The summed E-state index contributed by atoms with van der Waals surface area (Å²) in [6, 6.07) is 45.6. The fraction of sp³-hybridized carbons (Fsp3) is 0.0588. The molecule has 0 aliphatic rings. The molecular formula is C68H50F2N2. The maximum absolute atomic E-state index is 18.3. The van der Waals surface area contributed by atoms with Crippen LogP contribution >= 0.6 is 0 Å². The molecule has 0 spiro atoms. The molecule has 0 aliphatic carbocycles. The van der Waals surface area contributed by atoms with Crippen LogP contribution in [-0.4, -0.2) is 0 Å². The van der Waals surface area contributed by atoms with Crippen molar-refractivity contribution in [3.8, 4) is 44.5 Å². The van der Waals surface area contributed by atoms with Crippen LogP contribution in [0, 0.1) is 39.3 Å². The van der Waals surface area contributed by atoms with Gasteiger partial charge in [-0.1, -0.05) is 192 Å². The van der Waals surface area contributed by atoms with Gasteiger partial charge in [0, 0.05) is 33.3 Å². The number of nitrogens with zero attached hydrogens (tertiary/aromatic N) is 2. The van der Waals surface area contributed by atoms with E-state index in [1.54, 1.807) is 36.4 Å². The van der Waals surface area contributed by atoms with Crippen LogP contribution < -0.4 is 9.80 Å². The van der Waals surface area contributed by atoms with E-state index in [1.807, 2.05) is 161 Å². The van der Waals surface area contributed by atoms with E-state index >= 15 is 8.78 Å². The predicted octanol–water partition coefficient (Wildman–Crippen LogP) is 19.7. The Morgan fingerprint density at radius 3 is 0.986 bits per heavy atom. The monoisotopic (exact) mass is 942 g/mol. The van der Waals surface area contributed by atoms with Crippen molar-refractivity contribution in [3.63, 3.8) is 0 Å². The van der Waals surface area contributed by atoms with Gasteiger partial charge >= 0.3 is 0 Å². The van der Waals surface area contributed by atoms with Gasteiger partial charge in [-0.2, -0.15) is 0 Å². The van der Waals surface area contributed by atoms with E-state index in [0.717, 1.165) is 33.4 Å². The predicted molar refractivity (Wildman–Crippen MR) is 300 cm³/mol. The number of para-hydroxylation sites is 2. The summed E-state index contributed by atoms with van der Waals surface area (Å²) in [4.78, 5) is 2.82. The number of halogens is 2. The molecular weight excluding hydrogens is 883 g/mol. The molecule has 12 aromatic carbocycles. The maximum Gasteiger partial charge on any atom is 0.155 e. The van der Waals surface area contributed by atoms with Gasteiger partial charge in [-0.05, 0) is 143 Å². The van der Waals surface area contributed by atoms with Crippen molar-refractivity contribution in [1.82, 2.24) is 0 Å². The maximum atomic E-state index is 18.3. The van der Waals surface area contributed by atoms with Gasteiger partial charge in [0.25, 0.3) is 0 Å². The van der Waals surface area contributed by atoms with Crippen molar-refractivity contribution in [2.24, 2.45) is 0 Å². The molecule has 0 fully saturated rings. The Balaban J connectivity index is 1.19. The van der Waals surface area contributed by atoms with E-state index in [0.29, 0.717) is 54.6 Å². The minimum absolute atomic E-state index is 0.0939. The number of benzene rings is 12. The smallest absolute Gasteiger partial charge is 0.155 e. The van der Waals surface area contributed by atoms with E-state index < -0.39 is 72.1 Å². The zero-order valence-corrected chi connectivity index (χ0v) is 39.8. The summed E-state index contributed by atoms with van der Waals surface area (Å²) in [5, 5.41) is 3.59. The van der Waals surface area contributed by atoms with Gasteiger partial charge < -0.3 is 9.80 Å². The minimum Gasteiger partial charge on any atom is -0.307 e. The van der Waals surface area contributed by atoms with Crippen LogP contribution in [0.15, 0.2) is 230 Å². The third-order valence-electron chi connectivity index (χ3n) is 13.6. The lowest BCUT2D eigenvalue weighted by Crippen LogP contribution is -2.14. The van der Waals surface area contributed by atoms with Gasteiger partial charge in [-0.25, -0.2) is 8.78 Å². The molecule has 0 aliphatic heterocycles. The average molecular weight is 943 g/mol. The Morgan fingerprint density at radius 2 is 0.639 bits per heavy atom. The van der Waals surface area contributed by atoms with Crippen LogP contribution in [0.2, 0.25) is 0 Å². The first-order valence-electron chi connectivity index (χ1n) is 28.7. The Kier molecular flexibility index (Phi) is 8.68. The third-order valence-corrected chi connectivity index (χ3v) is 13.6. The lowest BCUT2D eigenvalue weighted by molar-refractivity contribution is 0.632. The Morgan fingerprint density at radius 1 is 0.319 bits per heavy atom. The quantitative estimate of drug-likeness (QED) is 0.126. The first-order valence-corrected chi connectivity index (χ1v) is 23.7. The van der Waals surface area contributed by atoms with Crippen molar-refractivity contribution in [1.29, 1.82) is 0 Å². The molecule has 0 unspecified atom stereocenters. The fourth-order valence-electron chi connectivity index (χ4n) is 9.87. The molecule has 346 valence electrons. The normalized spacial score (nSPS) is 13.4. The molecule has 2 nitrogen and oxygen atoms in total. The summed E-state index contributed by atoms with van der Waals surface area (Å²) in [6.07, 6.45) is 0. The Hall–Kier alpha value is -8.86. The third kappa shape index (κ3) is 7.92. The molecule has 0 saturated heterocycles. The average Bonchev–Trinajstić information content (AvgIpc) is 3.29. The number of rotatable bonds is 10. The summed E-state index contributed by atoms with van der Waals surface area (Å²) >= 11 is 0. The molecule has 0 aromatic heterocycles. The summed E-state index contributed by atoms with van der Waals surface area (Å²) in [5.41, 5.74) is 7.92. The zero-order chi connectivity index (χ0) is 57.7. The second-order valence-electron chi connectivity index (χ2n) is 18.4. The highest BCUT2D eigenvalue weighted by molar-refractivity contribution is 6.28. The molecule has 12 rings (SSSR count). The molecule has 0 atom stereocenters. The van der Waals surface area contributed by atoms with Crippen molar-refractivity contribution >= 4 is 66.4 Å². The Bertz CT molecular complexity index is 4220. The van der Waals surface area contributed by atoms with E-state index in [1.165, 1.54) is 9.80 Å². The van der Waals surface area contributed by atoms with E-state index in [2.05, 4.69) is 0 Å². The van der Waals surface area contributed by atoms with Gasteiger partial charge in [0.15, 0.2) is 11.6 Å². The number of hydrogen-bond acceptors (Lipinski definition) is 2. The van der Waals surface area contributed by atoms with Crippen LogP contribution in [-0.2, 0) is 0 Å². The largest absolute Gasteiger partial charge is 0.307 e. The molecule has 4 heteroatoms. The van der Waals surface area contributed by atoms with Crippen molar-refractivity contribution in [2.75, 3.05) is 9.80 Å². The van der Waals surface area contributed by atoms with Crippen LogP contribution in [0.5, 0.6) is 0 Å². The molecule has 0 heterocycles. The zero-order valence-electron chi connectivity index (χ0n) is 49.8. The summed E-state index contributed by atoms with van der Waals surface area (Å²) < 4.78 is 128. The molecule has 72 heavy (non-hydrogen) atoms. The Labute approximate surface area is 433 Å². The van der Waals surface area contributed by atoms with E-state index in [9.17, 15) is 5.48 Å². The van der Waals surface area contributed by atoms with Crippen LogP contribution in [0.1, 0.15) is 36.0 Å². The summed E-state index contributed by atoms with van der Waals surface area (Å²) in [7, 11) is 0. The van der Waals surface area contributed by atoms with Gasteiger partial charge in [-0.15, -0.1) is 0 Å². The molecule has 0 bridgehead atoms. The lowest BCUT2D eigenvalue weighted by Gasteiger charge is -2.30. The van der Waals surface area contributed by atoms with Crippen LogP contribution in [0.25, 0.3) is 76.8 Å². The second-order valence-corrected chi connectivity index (χ2v) is 18.4. The number of aryl methyl sites for hydroxylation is 4. The highest BCUT2D eigenvalue weighted by Gasteiger charge is 2.27. The number of anilines is 6. The molecule has 0 saturated carbocycles. The van der Waals surface area contributed by atoms with Crippen LogP contribution in [0.4, 0.5) is 42.9 Å². The van der Waals surface area contributed by atoms with Gasteiger partial charge in [0.1, 0.15) is 0 Å². The lowest BCUT2D eigenvalue weighted by atomic mass is 9.91. The number of hydrogen-bond donors (Lipinski definition) is 0. The summed E-state index contributed by atoms with van der Waals surface area (Å²) in [6.45, 7) is 7.80. The first kappa shape index (κ1) is 34.4. The second kappa shape index (κ2) is 18.1. The molecule has 0 N–H and O–H groups in total. The van der Waals surface area contributed by atoms with Crippen LogP contribution in [0.3, 0.4) is 0 Å². The topological polar surface area (TPSA) is 6.48 Å². The van der Waals surface area contributed by atoms with Gasteiger partial charge in [-0.3, -0.25) is 0 Å². The van der Waals surface area contributed by atoms with Crippen molar-refractivity contribution in [2.45, 2.75) is 27.7 Å². The molecule has 12 aromatic rings. The minimum atomic E-state index is -0.714. The fourth-order valence-corrected chi connectivity index (χ4v) is 9.87. The van der Waals surface area contributed by atoms with E-state index in [4.69, 9.17) is 8.22 Å². The highest BCUT2D eigenvalue weighted by Crippen LogP contribution is 2.50. The summed E-state index contributed by atoms with van der Waals surface area (Å²) in [5.74, 6) is -1.43. The van der Waals surface area contributed by atoms with Crippen molar-refractivity contribution in [3.05, 3.63) is 264 Å². The van der Waals surface area contributed by atoms with Gasteiger partial charge in [0.2, 0.25) is 0 Å². The molecule has 0 amide bonds. The molecule has 0 radical (unpaired) electrons. The first-order chi connectivity index (χ1) is 39.3. The van der Waals surface area contributed by atoms with Crippen molar-refractivity contribution < 1.29 is 22.5 Å². The SMILES string of the molecule is [2H]c1c([2H])c([2H])c(N(c2cc(-c3ccc(C)cc3)cc(-c3ccc(C)cc3)c2F)c2ccc3ccc4c(N(c5cc(-c6ccc(C)cc6)cc(-c6ccc(C)cc6)c5F)c5c([2H])c([2H])c([2H])c([2H])c5[2H])ccc5ccc2c3c54)c([2H])c1[2H]. The van der Waals surface area contributed by atoms with E-state index in [-0.39, 0.29) is 45.3 Å².